The van der Waals surface area contributed by atoms with E-state index in [9.17, 15) is 23.3 Å². The molecule has 0 aliphatic heterocycles. The summed E-state index contributed by atoms with van der Waals surface area (Å²) >= 11 is 5.88. The summed E-state index contributed by atoms with van der Waals surface area (Å²) < 4.78 is 33.0. The predicted octanol–water partition coefficient (Wildman–Crippen LogP) is 3.99. The van der Waals surface area contributed by atoms with Crippen LogP contribution in [0.5, 0.6) is 5.75 Å². The lowest BCUT2D eigenvalue weighted by molar-refractivity contribution is -0.385. The van der Waals surface area contributed by atoms with Gasteiger partial charge in [0.2, 0.25) is 0 Å². The highest BCUT2D eigenvalue weighted by atomic mass is 35.5. The number of hydrogen-bond donors (Lipinski definition) is 1. The molecular formula is C23H21ClN4O6S. The van der Waals surface area contributed by atoms with Gasteiger partial charge in [0.25, 0.3) is 21.6 Å². The zero-order valence-electron chi connectivity index (χ0n) is 18.5. The number of carbonyl (C=O) groups excluding carboxylic acids is 1. The fraction of sp³-hybridized carbons (Fsp3) is 0.130. The minimum absolute atomic E-state index is 0.0630. The molecule has 0 aliphatic rings. The van der Waals surface area contributed by atoms with E-state index in [1.807, 2.05) is 6.92 Å². The maximum atomic E-state index is 13.4. The van der Waals surface area contributed by atoms with Crippen molar-refractivity contribution in [3.8, 4) is 5.75 Å². The van der Waals surface area contributed by atoms with E-state index >= 15 is 0 Å². The Hall–Kier alpha value is -3.96. The van der Waals surface area contributed by atoms with Crippen LogP contribution in [0.2, 0.25) is 5.02 Å². The Labute approximate surface area is 207 Å². The first-order chi connectivity index (χ1) is 16.7. The monoisotopic (exact) mass is 516 g/mol. The van der Waals surface area contributed by atoms with Crippen LogP contribution in [0.25, 0.3) is 0 Å². The molecule has 0 heterocycles. The zero-order valence-corrected chi connectivity index (χ0v) is 20.1. The van der Waals surface area contributed by atoms with Gasteiger partial charge in [-0.2, -0.15) is 5.10 Å². The summed E-state index contributed by atoms with van der Waals surface area (Å²) in [4.78, 5) is 23.1. The first kappa shape index (κ1) is 25.7. The molecule has 10 nitrogen and oxygen atoms in total. The van der Waals surface area contributed by atoms with E-state index in [-0.39, 0.29) is 21.8 Å². The standard InChI is InChI=1S/C23H21ClN4O6S/c1-2-34-20-11-9-19(10-12-20)27(35(32,33)21-13-7-18(24)8-14-21)16-23(29)26-25-15-17-5-3-4-6-22(17)28(30)31/h3-15H,2,16H2,1H3,(H,26,29)/b25-15-. The SMILES string of the molecule is CCOc1ccc(N(CC(=O)N/N=C\c2ccccc2[N+](=O)[O-])S(=O)(=O)c2ccc(Cl)cc2)cc1. The number of ether oxygens (including phenoxy) is 1. The Balaban J connectivity index is 1.86. The molecule has 0 aromatic heterocycles. The number of nitro benzene ring substituents is 1. The minimum atomic E-state index is -4.15. The fourth-order valence-corrected chi connectivity index (χ4v) is 4.57. The lowest BCUT2D eigenvalue weighted by Gasteiger charge is -2.24. The number of nitro groups is 1. The Morgan fingerprint density at radius 2 is 1.77 bits per heavy atom. The summed E-state index contributed by atoms with van der Waals surface area (Å²) in [6.07, 6.45) is 1.12. The van der Waals surface area contributed by atoms with E-state index in [1.165, 1.54) is 54.6 Å². The lowest BCUT2D eigenvalue weighted by Crippen LogP contribution is -2.39. The molecule has 0 bridgehead atoms. The van der Waals surface area contributed by atoms with Crippen molar-refractivity contribution in [2.75, 3.05) is 17.5 Å². The molecule has 0 unspecified atom stereocenters. The van der Waals surface area contributed by atoms with Crippen molar-refractivity contribution in [3.05, 3.63) is 93.5 Å². The normalized spacial score (nSPS) is 11.3. The van der Waals surface area contributed by atoms with Gasteiger partial charge in [0.1, 0.15) is 12.3 Å². The number of para-hydroxylation sites is 1. The highest BCUT2D eigenvalue weighted by Gasteiger charge is 2.27. The van der Waals surface area contributed by atoms with Crippen molar-refractivity contribution in [2.24, 2.45) is 5.10 Å². The van der Waals surface area contributed by atoms with Crippen LogP contribution in [0, 0.1) is 10.1 Å². The van der Waals surface area contributed by atoms with Crippen molar-refractivity contribution in [3.63, 3.8) is 0 Å². The van der Waals surface area contributed by atoms with Crippen LogP contribution >= 0.6 is 11.6 Å². The smallest absolute Gasteiger partial charge is 0.278 e. The third-order valence-electron chi connectivity index (χ3n) is 4.65. The number of carbonyl (C=O) groups is 1. The first-order valence-electron chi connectivity index (χ1n) is 10.3. The summed E-state index contributed by atoms with van der Waals surface area (Å²) in [7, 11) is -4.15. The Morgan fingerprint density at radius 1 is 1.11 bits per heavy atom. The summed E-state index contributed by atoms with van der Waals surface area (Å²) in [5.74, 6) is -0.218. The molecule has 1 amide bonds. The van der Waals surface area contributed by atoms with Gasteiger partial charge in [-0.3, -0.25) is 19.2 Å². The van der Waals surface area contributed by atoms with Gasteiger partial charge in [-0.25, -0.2) is 13.8 Å². The van der Waals surface area contributed by atoms with Crippen LogP contribution in [0.15, 0.2) is 82.8 Å². The number of sulfonamides is 1. The number of benzene rings is 3. The maximum absolute atomic E-state index is 13.4. The molecule has 0 fully saturated rings. The van der Waals surface area contributed by atoms with Gasteiger partial charge in [-0.1, -0.05) is 23.7 Å². The number of halogens is 1. The predicted molar refractivity (Wildman–Crippen MR) is 132 cm³/mol. The Kier molecular flexibility index (Phi) is 8.39. The highest BCUT2D eigenvalue weighted by molar-refractivity contribution is 7.92. The molecule has 1 N–H and O–H groups in total. The summed E-state index contributed by atoms with van der Waals surface area (Å²) in [5.41, 5.74) is 2.43. The fourth-order valence-electron chi connectivity index (χ4n) is 3.03. The van der Waals surface area contributed by atoms with E-state index in [1.54, 1.807) is 18.2 Å². The van der Waals surface area contributed by atoms with Crippen LogP contribution in [0.4, 0.5) is 11.4 Å². The van der Waals surface area contributed by atoms with Gasteiger partial charge in [0.15, 0.2) is 0 Å². The Morgan fingerprint density at radius 3 is 2.40 bits per heavy atom. The average molecular weight is 517 g/mol. The second-order valence-corrected chi connectivity index (χ2v) is 9.30. The van der Waals surface area contributed by atoms with Gasteiger partial charge in [-0.05, 0) is 61.5 Å². The largest absolute Gasteiger partial charge is 0.494 e. The minimum Gasteiger partial charge on any atom is -0.494 e. The highest BCUT2D eigenvalue weighted by Crippen LogP contribution is 2.26. The molecule has 35 heavy (non-hydrogen) atoms. The third-order valence-corrected chi connectivity index (χ3v) is 6.69. The van der Waals surface area contributed by atoms with E-state index in [2.05, 4.69) is 10.5 Å². The summed E-state index contributed by atoms with van der Waals surface area (Å²) in [6.45, 7) is 1.65. The summed E-state index contributed by atoms with van der Waals surface area (Å²) in [6, 6.07) is 17.6. The second kappa shape index (κ2) is 11.4. The molecule has 3 aromatic rings. The average Bonchev–Trinajstić information content (AvgIpc) is 2.84. The molecule has 0 radical (unpaired) electrons. The van der Waals surface area contributed by atoms with Crippen LogP contribution < -0.4 is 14.5 Å². The van der Waals surface area contributed by atoms with Gasteiger partial charge in [-0.15, -0.1) is 0 Å². The van der Waals surface area contributed by atoms with E-state index < -0.39 is 27.4 Å². The molecule has 3 rings (SSSR count). The van der Waals surface area contributed by atoms with Crippen LogP contribution in [0.3, 0.4) is 0 Å². The van der Waals surface area contributed by atoms with Crippen LogP contribution in [-0.2, 0) is 14.8 Å². The number of rotatable bonds is 10. The number of amides is 1. The van der Waals surface area contributed by atoms with Crippen molar-refractivity contribution in [2.45, 2.75) is 11.8 Å². The number of nitrogens with one attached hydrogen (secondary N) is 1. The maximum Gasteiger partial charge on any atom is 0.278 e. The van der Waals surface area contributed by atoms with Gasteiger partial charge < -0.3 is 4.74 Å². The van der Waals surface area contributed by atoms with Gasteiger partial charge in [0.05, 0.1) is 33.9 Å². The van der Waals surface area contributed by atoms with Crippen molar-refractivity contribution >= 4 is 45.1 Å². The third kappa shape index (κ3) is 6.55. The Bertz CT molecular complexity index is 1330. The van der Waals surface area contributed by atoms with E-state index in [4.69, 9.17) is 16.3 Å². The number of nitrogens with zero attached hydrogens (tertiary/aromatic N) is 3. The molecule has 12 heteroatoms. The number of hydrogen-bond acceptors (Lipinski definition) is 7. The molecular weight excluding hydrogens is 496 g/mol. The second-order valence-electron chi connectivity index (χ2n) is 7.00. The molecule has 0 saturated heterocycles. The van der Waals surface area contributed by atoms with E-state index in [0.717, 1.165) is 10.5 Å². The quantitative estimate of drug-likeness (QED) is 0.246. The molecule has 0 aliphatic carbocycles. The van der Waals surface area contributed by atoms with Crippen molar-refractivity contribution in [1.82, 2.24) is 5.43 Å². The topological polar surface area (TPSA) is 131 Å². The lowest BCUT2D eigenvalue weighted by atomic mass is 10.2. The van der Waals surface area contributed by atoms with Crippen molar-refractivity contribution < 1.29 is 22.9 Å². The molecule has 0 atom stereocenters. The molecule has 182 valence electrons. The molecule has 0 spiro atoms. The molecule has 0 saturated carbocycles. The molecule has 3 aromatic carbocycles. The van der Waals surface area contributed by atoms with Gasteiger partial charge in [0, 0.05) is 11.1 Å². The van der Waals surface area contributed by atoms with Gasteiger partial charge >= 0.3 is 0 Å². The number of anilines is 1. The number of hydrazone groups is 1. The summed E-state index contributed by atoms with van der Waals surface area (Å²) in [5, 5.41) is 15.2. The zero-order chi connectivity index (χ0) is 25.4. The van der Waals surface area contributed by atoms with Crippen LogP contribution in [-0.4, -0.2) is 38.6 Å². The van der Waals surface area contributed by atoms with Crippen LogP contribution in [0.1, 0.15) is 12.5 Å². The first-order valence-corrected chi connectivity index (χ1v) is 12.1. The van der Waals surface area contributed by atoms with Crippen molar-refractivity contribution in [1.29, 1.82) is 0 Å². The van der Waals surface area contributed by atoms with E-state index in [0.29, 0.717) is 17.4 Å².